The number of hydrogen-bond donors (Lipinski definition) is 2. The van der Waals surface area contributed by atoms with Gasteiger partial charge in [-0.25, -0.2) is 9.97 Å². The third-order valence-electron chi connectivity index (χ3n) is 7.36. The average molecular weight is 524 g/mol. The van der Waals surface area contributed by atoms with Crippen LogP contribution in [0, 0.1) is 5.92 Å². The van der Waals surface area contributed by atoms with Crippen LogP contribution in [0.4, 0.5) is 5.82 Å². The Hall–Kier alpha value is -3.88. The second kappa shape index (κ2) is 10.7. The molecule has 3 atom stereocenters. The number of benzene rings is 1. The van der Waals surface area contributed by atoms with Crippen molar-refractivity contribution in [2.75, 3.05) is 18.0 Å². The third-order valence-corrected chi connectivity index (χ3v) is 7.36. The summed E-state index contributed by atoms with van der Waals surface area (Å²) in [5, 5.41) is 14.3. The molecular formula is C31H33N5O3. The van der Waals surface area contributed by atoms with Gasteiger partial charge < -0.3 is 20.1 Å². The molecule has 1 aliphatic heterocycles. The van der Waals surface area contributed by atoms with Crippen LogP contribution in [0.1, 0.15) is 54.4 Å². The molecular weight excluding hydrogens is 490 g/mol. The van der Waals surface area contributed by atoms with Gasteiger partial charge in [0.25, 0.3) is 5.91 Å². The van der Waals surface area contributed by atoms with E-state index >= 15 is 0 Å². The molecule has 1 saturated heterocycles. The first-order chi connectivity index (χ1) is 18.9. The summed E-state index contributed by atoms with van der Waals surface area (Å²) in [4.78, 5) is 29.4. The Morgan fingerprint density at radius 2 is 1.79 bits per heavy atom. The van der Waals surface area contributed by atoms with Gasteiger partial charge in [0, 0.05) is 30.2 Å². The molecule has 2 aliphatic rings. The lowest BCUT2D eigenvalue weighted by atomic mass is 10.0. The van der Waals surface area contributed by atoms with Crippen molar-refractivity contribution >= 4 is 22.6 Å². The lowest BCUT2D eigenvalue weighted by Crippen LogP contribution is -2.45. The number of nitrogens with one attached hydrogen (secondary N) is 1. The van der Waals surface area contributed by atoms with Crippen molar-refractivity contribution in [1.82, 2.24) is 20.3 Å². The van der Waals surface area contributed by atoms with E-state index in [0.717, 1.165) is 59.6 Å². The topological polar surface area (TPSA) is 100 Å². The van der Waals surface area contributed by atoms with Crippen molar-refractivity contribution in [1.29, 1.82) is 0 Å². The Morgan fingerprint density at radius 3 is 2.59 bits per heavy atom. The van der Waals surface area contributed by atoms with Crippen LogP contribution in [-0.2, 0) is 11.3 Å². The molecule has 0 bridgehead atoms. The van der Waals surface area contributed by atoms with Gasteiger partial charge in [-0.2, -0.15) is 0 Å². The highest BCUT2D eigenvalue weighted by atomic mass is 16.5. The lowest BCUT2D eigenvalue weighted by molar-refractivity contribution is -0.00545. The van der Waals surface area contributed by atoms with Crippen molar-refractivity contribution < 1.29 is 14.6 Å². The number of aliphatic hydroxyl groups excluding tert-OH is 1. The predicted molar refractivity (Wildman–Crippen MR) is 150 cm³/mol. The molecule has 4 aromatic rings. The Labute approximate surface area is 228 Å². The van der Waals surface area contributed by atoms with Crippen LogP contribution < -0.4 is 10.2 Å². The molecule has 1 saturated carbocycles. The number of amides is 1. The molecule has 2 N–H and O–H groups in total. The normalized spacial score (nSPS) is 20.1. The lowest BCUT2D eigenvalue weighted by Gasteiger charge is -2.36. The average Bonchev–Trinajstić information content (AvgIpc) is 3.80. The van der Waals surface area contributed by atoms with Crippen molar-refractivity contribution in [3.8, 4) is 11.4 Å². The SMILES string of the molecule is C[C@@H]1CN(c2cccc(-c3ccc4cnc(CNC(=O)c5cccc([C@H](O)C6CC6)c5)cc4n3)n2)C[C@H](C)O1. The number of aliphatic hydroxyl groups is 1. The van der Waals surface area contributed by atoms with Gasteiger partial charge in [-0.3, -0.25) is 9.78 Å². The van der Waals surface area contributed by atoms with Crippen molar-refractivity contribution in [2.45, 2.75) is 51.5 Å². The Bertz CT molecular complexity index is 1490. The van der Waals surface area contributed by atoms with Gasteiger partial charge in [0.15, 0.2) is 0 Å². The standard InChI is InChI=1S/C31H33N5O3/c1-19-17-36(18-20(2)39-19)29-8-4-7-26(35-29)27-12-11-24-15-32-25(14-28(24)34-27)16-33-31(38)23-6-3-5-22(13-23)30(37)21-9-10-21/h3-8,11-15,19-21,30,37H,9-10,16-18H2,1-2H3,(H,33,38)/t19-,20+,30-/m1/s1. The van der Waals surface area contributed by atoms with E-state index in [2.05, 4.69) is 29.0 Å². The van der Waals surface area contributed by atoms with Crippen LogP contribution in [0.5, 0.6) is 0 Å². The molecule has 0 radical (unpaired) electrons. The van der Waals surface area contributed by atoms with Gasteiger partial charge in [-0.15, -0.1) is 0 Å². The molecule has 1 aliphatic carbocycles. The highest BCUT2D eigenvalue weighted by Crippen LogP contribution is 2.40. The van der Waals surface area contributed by atoms with E-state index in [1.54, 1.807) is 18.3 Å². The Balaban J connectivity index is 1.17. The fourth-order valence-electron chi connectivity index (χ4n) is 5.23. The summed E-state index contributed by atoms with van der Waals surface area (Å²) >= 11 is 0. The summed E-state index contributed by atoms with van der Waals surface area (Å²) in [5.41, 5.74) is 4.42. The van der Waals surface area contributed by atoms with E-state index in [-0.39, 0.29) is 24.7 Å². The fourth-order valence-corrected chi connectivity index (χ4v) is 5.23. The van der Waals surface area contributed by atoms with E-state index in [1.807, 2.05) is 48.5 Å². The first kappa shape index (κ1) is 25.4. The summed E-state index contributed by atoms with van der Waals surface area (Å²) in [6.07, 6.45) is 3.66. The zero-order valence-corrected chi connectivity index (χ0v) is 22.2. The van der Waals surface area contributed by atoms with Gasteiger partial charge >= 0.3 is 0 Å². The quantitative estimate of drug-likeness (QED) is 0.363. The Kier molecular flexibility index (Phi) is 6.97. The van der Waals surface area contributed by atoms with Gasteiger partial charge in [0.1, 0.15) is 5.82 Å². The molecule has 1 amide bonds. The third kappa shape index (κ3) is 5.77. The maximum Gasteiger partial charge on any atom is 0.251 e. The molecule has 0 unspecified atom stereocenters. The van der Waals surface area contributed by atoms with Crippen LogP contribution in [0.15, 0.2) is 66.9 Å². The predicted octanol–water partition coefficient (Wildman–Crippen LogP) is 4.68. The number of rotatable bonds is 7. The van der Waals surface area contributed by atoms with E-state index in [9.17, 15) is 9.90 Å². The number of aromatic nitrogens is 3. The zero-order valence-electron chi connectivity index (χ0n) is 22.2. The second-order valence-corrected chi connectivity index (χ2v) is 10.7. The van der Waals surface area contributed by atoms with Crippen LogP contribution in [0.3, 0.4) is 0 Å². The smallest absolute Gasteiger partial charge is 0.251 e. The van der Waals surface area contributed by atoms with Gasteiger partial charge in [-0.1, -0.05) is 18.2 Å². The summed E-state index contributed by atoms with van der Waals surface area (Å²) in [5.74, 6) is 1.03. The molecule has 1 aromatic carbocycles. The van der Waals surface area contributed by atoms with Crippen LogP contribution in [0.2, 0.25) is 0 Å². The molecule has 6 rings (SSSR count). The summed E-state index contributed by atoms with van der Waals surface area (Å²) in [6.45, 7) is 6.05. The van der Waals surface area contributed by atoms with Crippen molar-refractivity contribution in [2.24, 2.45) is 5.92 Å². The van der Waals surface area contributed by atoms with E-state index < -0.39 is 6.10 Å². The first-order valence-corrected chi connectivity index (χ1v) is 13.6. The minimum absolute atomic E-state index is 0.155. The number of anilines is 1. The maximum atomic E-state index is 12.8. The number of nitrogens with zero attached hydrogens (tertiary/aromatic N) is 4. The largest absolute Gasteiger partial charge is 0.388 e. The maximum absolute atomic E-state index is 12.8. The number of carbonyl (C=O) groups is 1. The van der Waals surface area contributed by atoms with Gasteiger partial charge in [-0.05, 0) is 80.6 Å². The van der Waals surface area contributed by atoms with E-state index in [4.69, 9.17) is 14.7 Å². The molecule has 4 heterocycles. The van der Waals surface area contributed by atoms with Crippen LogP contribution in [0.25, 0.3) is 22.3 Å². The van der Waals surface area contributed by atoms with Crippen molar-refractivity contribution in [3.05, 3.63) is 83.7 Å². The summed E-state index contributed by atoms with van der Waals surface area (Å²) in [7, 11) is 0. The number of hydrogen-bond acceptors (Lipinski definition) is 7. The highest BCUT2D eigenvalue weighted by Gasteiger charge is 2.31. The molecule has 8 nitrogen and oxygen atoms in total. The molecule has 39 heavy (non-hydrogen) atoms. The minimum Gasteiger partial charge on any atom is -0.388 e. The number of fused-ring (bicyclic) bond motifs is 1. The summed E-state index contributed by atoms with van der Waals surface area (Å²) in [6, 6.07) is 19.1. The van der Waals surface area contributed by atoms with Crippen LogP contribution in [-0.4, -0.2) is 51.3 Å². The van der Waals surface area contributed by atoms with Gasteiger partial charge in [0.05, 0.1) is 47.5 Å². The fraction of sp³-hybridized carbons (Fsp3) is 0.355. The van der Waals surface area contributed by atoms with E-state index in [1.165, 1.54) is 0 Å². The zero-order chi connectivity index (χ0) is 26.9. The molecule has 200 valence electrons. The first-order valence-electron chi connectivity index (χ1n) is 13.6. The number of ether oxygens (including phenoxy) is 1. The highest BCUT2D eigenvalue weighted by molar-refractivity contribution is 5.94. The van der Waals surface area contributed by atoms with Crippen LogP contribution >= 0.6 is 0 Å². The minimum atomic E-state index is -0.503. The molecule has 3 aromatic heterocycles. The number of carbonyl (C=O) groups excluding carboxylic acids is 1. The Morgan fingerprint density at radius 1 is 1.03 bits per heavy atom. The van der Waals surface area contributed by atoms with Crippen molar-refractivity contribution in [3.63, 3.8) is 0 Å². The molecule has 8 heteroatoms. The van der Waals surface area contributed by atoms with Gasteiger partial charge in [0.2, 0.25) is 0 Å². The number of morpholine rings is 1. The molecule has 0 spiro atoms. The second-order valence-electron chi connectivity index (χ2n) is 10.7. The summed E-state index contributed by atoms with van der Waals surface area (Å²) < 4.78 is 5.87. The monoisotopic (exact) mass is 523 g/mol. The molecule has 2 fully saturated rings. The van der Waals surface area contributed by atoms with E-state index in [0.29, 0.717) is 17.2 Å². The number of pyridine rings is 3.